The SMILES string of the molecule is Cc1cc(S(=O)(=O)Nc2ccc(C(=O)N(C)Cc3ccccn3)cc2)ccc1F. The average Bonchev–Trinajstić information content (AvgIpc) is 2.70. The van der Waals surface area contributed by atoms with Crippen LogP contribution in [0.15, 0.2) is 71.8 Å². The van der Waals surface area contributed by atoms with Crippen LogP contribution in [0.25, 0.3) is 0 Å². The van der Waals surface area contributed by atoms with E-state index in [2.05, 4.69) is 9.71 Å². The zero-order valence-corrected chi connectivity index (χ0v) is 16.8. The number of nitrogens with zero attached hydrogens (tertiary/aromatic N) is 2. The van der Waals surface area contributed by atoms with Gasteiger partial charge in [-0.05, 0) is 67.1 Å². The largest absolute Gasteiger partial charge is 0.336 e. The summed E-state index contributed by atoms with van der Waals surface area (Å²) in [4.78, 5) is 18.3. The number of anilines is 1. The van der Waals surface area contributed by atoms with Gasteiger partial charge in [0.2, 0.25) is 0 Å². The summed E-state index contributed by atoms with van der Waals surface area (Å²) in [6.45, 7) is 1.86. The molecule has 0 aliphatic carbocycles. The zero-order valence-electron chi connectivity index (χ0n) is 16.0. The summed E-state index contributed by atoms with van der Waals surface area (Å²) < 4.78 is 40.8. The van der Waals surface area contributed by atoms with Crippen LogP contribution in [-0.4, -0.2) is 31.3 Å². The summed E-state index contributed by atoms with van der Waals surface area (Å²) in [5, 5.41) is 0. The Morgan fingerprint density at radius 1 is 1.10 bits per heavy atom. The Hall–Kier alpha value is -3.26. The van der Waals surface area contributed by atoms with Crippen molar-refractivity contribution in [1.82, 2.24) is 9.88 Å². The van der Waals surface area contributed by atoms with E-state index in [0.717, 1.165) is 11.8 Å². The first-order chi connectivity index (χ1) is 13.8. The fraction of sp³-hybridized carbons (Fsp3) is 0.143. The van der Waals surface area contributed by atoms with Crippen molar-refractivity contribution in [2.45, 2.75) is 18.4 Å². The normalized spacial score (nSPS) is 11.1. The molecule has 6 nitrogen and oxygen atoms in total. The predicted molar refractivity (Wildman–Crippen MR) is 108 cm³/mol. The molecule has 3 aromatic rings. The summed E-state index contributed by atoms with van der Waals surface area (Å²) in [6.07, 6.45) is 1.66. The third-order valence-electron chi connectivity index (χ3n) is 4.30. The number of aryl methyl sites for hydroxylation is 1. The highest BCUT2D eigenvalue weighted by atomic mass is 32.2. The molecule has 3 rings (SSSR count). The molecule has 8 heteroatoms. The standard InChI is InChI=1S/C21H20FN3O3S/c1-15-13-19(10-11-20(15)22)29(27,28)24-17-8-6-16(7-9-17)21(26)25(2)14-18-5-3-4-12-23-18/h3-13,24H,14H2,1-2H3. The highest BCUT2D eigenvalue weighted by molar-refractivity contribution is 7.92. The lowest BCUT2D eigenvalue weighted by molar-refractivity contribution is 0.0783. The van der Waals surface area contributed by atoms with Gasteiger partial charge in [-0.3, -0.25) is 14.5 Å². The topological polar surface area (TPSA) is 79.4 Å². The first-order valence-electron chi connectivity index (χ1n) is 8.81. The Kier molecular flexibility index (Phi) is 5.93. The van der Waals surface area contributed by atoms with Crippen LogP contribution in [0.2, 0.25) is 0 Å². The number of aromatic nitrogens is 1. The molecule has 0 radical (unpaired) electrons. The third kappa shape index (κ3) is 4.97. The van der Waals surface area contributed by atoms with Crippen LogP contribution in [0.3, 0.4) is 0 Å². The number of sulfonamides is 1. The number of rotatable bonds is 6. The second-order valence-electron chi connectivity index (χ2n) is 6.58. The molecule has 2 aromatic carbocycles. The molecular formula is C21H20FN3O3S. The zero-order chi connectivity index (χ0) is 21.0. The van der Waals surface area contributed by atoms with E-state index in [0.29, 0.717) is 17.8 Å². The quantitative estimate of drug-likeness (QED) is 0.670. The maximum Gasteiger partial charge on any atom is 0.261 e. The molecule has 0 saturated heterocycles. The lowest BCUT2D eigenvalue weighted by Gasteiger charge is -2.17. The molecule has 0 saturated carbocycles. The van der Waals surface area contributed by atoms with Gasteiger partial charge in [-0.1, -0.05) is 6.07 Å². The van der Waals surface area contributed by atoms with Crippen LogP contribution in [0.5, 0.6) is 0 Å². The van der Waals surface area contributed by atoms with Gasteiger partial charge in [-0.15, -0.1) is 0 Å². The molecule has 1 aromatic heterocycles. The van der Waals surface area contributed by atoms with Crippen LogP contribution in [0.1, 0.15) is 21.6 Å². The van der Waals surface area contributed by atoms with Gasteiger partial charge < -0.3 is 4.90 Å². The van der Waals surface area contributed by atoms with Crippen molar-refractivity contribution in [2.24, 2.45) is 0 Å². The van der Waals surface area contributed by atoms with Gasteiger partial charge in [-0.25, -0.2) is 12.8 Å². The number of carbonyl (C=O) groups excluding carboxylic acids is 1. The molecule has 0 fully saturated rings. The van der Waals surface area contributed by atoms with E-state index in [-0.39, 0.29) is 16.4 Å². The van der Waals surface area contributed by atoms with Crippen molar-refractivity contribution in [1.29, 1.82) is 0 Å². The summed E-state index contributed by atoms with van der Waals surface area (Å²) in [5.41, 5.74) is 1.73. The van der Waals surface area contributed by atoms with Crippen molar-refractivity contribution < 1.29 is 17.6 Å². The van der Waals surface area contributed by atoms with Crippen LogP contribution < -0.4 is 4.72 Å². The second-order valence-corrected chi connectivity index (χ2v) is 8.26. The number of nitrogens with one attached hydrogen (secondary N) is 1. The maximum atomic E-state index is 13.4. The van der Waals surface area contributed by atoms with E-state index in [9.17, 15) is 17.6 Å². The lowest BCUT2D eigenvalue weighted by Crippen LogP contribution is -2.26. The van der Waals surface area contributed by atoms with Gasteiger partial charge >= 0.3 is 0 Å². The molecule has 1 amide bonds. The highest BCUT2D eigenvalue weighted by Crippen LogP contribution is 2.19. The molecule has 0 aliphatic heterocycles. The Bertz CT molecular complexity index is 1120. The van der Waals surface area contributed by atoms with Crippen molar-refractivity contribution in [3.63, 3.8) is 0 Å². The Labute approximate surface area is 169 Å². The number of hydrogen-bond donors (Lipinski definition) is 1. The average molecular weight is 413 g/mol. The maximum absolute atomic E-state index is 13.4. The van der Waals surface area contributed by atoms with Gasteiger partial charge in [0.25, 0.3) is 15.9 Å². The number of hydrogen-bond acceptors (Lipinski definition) is 4. The molecule has 1 N–H and O–H groups in total. The highest BCUT2D eigenvalue weighted by Gasteiger charge is 2.17. The molecule has 0 unspecified atom stereocenters. The molecule has 1 heterocycles. The molecule has 0 bridgehead atoms. The van der Waals surface area contributed by atoms with Crippen LogP contribution in [-0.2, 0) is 16.6 Å². The Morgan fingerprint density at radius 3 is 2.45 bits per heavy atom. The lowest BCUT2D eigenvalue weighted by atomic mass is 10.2. The van der Waals surface area contributed by atoms with Crippen molar-refractivity contribution in [2.75, 3.05) is 11.8 Å². The van der Waals surface area contributed by atoms with Crippen molar-refractivity contribution >= 4 is 21.6 Å². The van der Waals surface area contributed by atoms with Crippen LogP contribution >= 0.6 is 0 Å². The number of benzene rings is 2. The van der Waals surface area contributed by atoms with Crippen molar-refractivity contribution in [3.8, 4) is 0 Å². The van der Waals surface area contributed by atoms with E-state index in [1.54, 1.807) is 31.4 Å². The van der Waals surface area contributed by atoms with E-state index in [1.165, 1.54) is 36.1 Å². The van der Waals surface area contributed by atoms with E-state index in [1.807, 2.05) is 12.1 Å². The molecular weight excluding hydrogens is 393 g/mol. The van der Waals surface area contributed by atoms with Gasteiger partial charge in [0.15, 0.2) is 0 Å². The van der Waals surface area contributed by atoms with E-state index in [4.69, 9.17) is 0 Å². The number of carbonyl (C=O) groups is 1. The number of pyridine rings is 1. The first kappa shape index (κ1) is 20.5. The minimum atomic E-state index is -3.86. The molecule has 0 spiro atoms. The number of halogens is 1. The summed E-state index contributed by atoms with van der Waals surface area (Å²) in [6, 6.07) is 15.2. The van der Waals surface area contributed by atoms with Gasteiger partial charge in [0, 0.05) is 24.5 Å². The van der Waals surface area contributed by atoms with Gasteiger partial charge in [0.05, 0.1) is 17.1 Å². The van der Waals surface area contributed by atoms with Crippen LogP contribution in [0, 0.1) is 12.7 Å². The summed E-state index contributed by atoms with van der Waals surface area (Å²) in [5.74, 6) is -0.680. The fourth-order valence-corrected chi connectivity index (χ4v) is 3.85. The minimum absolute atomic E-state index is 0.0355. The predicted octanol–water partition coefficient (Wildman–Crippen LogP) is 3.60. The Balaban J connectivity index is 1.70. The molecule has 29 heavy (non-hydrogen) atoms. The fourth-order valence-electron chi connectivity index (χ4n) is 2.71. The first-order valence-corrected chi connectivity index (χ1v) is 10.3. The monoisotopic (exact) mass is 413 g/mol. The smallest absolute Gasteiger partial charge is 0.261 e. The van der Waals surface area contributed by atoms with Gasteiger partial charge in [0.1, 0.15) is 5.82 Å². The minimum Gasteiger partial charge on any atom is -0.336 e. The van der Waals surface area contributed by atoms with Crippen molar-refractivity contribution in [3.05, 3.63) is 89.5 Å². The number of amides is 1. The van der Waals surface area contributed by atoms with Gasteiger partial charge in [-0.2, -0.15) is 0 Å². The van der Waals surface area contributed by atoms with E-state index < -0.39 is 15.8 Å². The molecule has 0 aliphatic rings. The molecule has 0 atom stereocenters. The molecule has 150 valence electrons. The third-order valence-corrected chi connectivity index (χ3v) is 5.67. The summed E-state index contributed by atoms with van der Waals surface area (Å²) >= 11 is 0. The Morgan fingerprint density at radius 2 is 1.83 bits per heavy atom. The summed E-state index contributed by atoms with van der Waals surface area (Å²) in [7, 11) is -2.19. The second kappa shape index (κ2) is 8.40. The van der Waals surface area contributed by atoms with E-state index >= 15 is 0 Å². The van der Waals surface area contributed by atoms with Crippen LogP contribution in [0.4, 0.5) is 10.1 Å².